The molecule has 1 heterocycles. The number of nitrogens with zero attached hydrogens (tertiary/aromatic N) is 1. The Morgan fingerprint density at radius 3 is 2.90 bits per heavy atom. The summed E-state index contributed by atoms with van der Waals surface area (Å²) in [6.07, 6.45) is 1.69. The highest BCUT2D eigenvalue weighted by atomic mass is 127. The lowest BCUT2D eigenvalue weighted by molar-refractivity contribution is 0.281. The highest BCUT2D eigenvalue weighted by Crippen LogP contribution is 2.09. The number of hydrogen-bond acceptors (Lipinski definition) is 2. The van der Waals surface area contributed by atoms with Crippen molar-refractivity contribution in [1.82, 2.24) is 4.98 Å². The fourth-order valence-corrected chi connectivity index (χ4v) is 1.17. The average Bonchev–Trinajstić information content (AvgIpc) is 1.95. The summed E-state index contributed by atoms with van der Waals surface area (Å²) < 4.78 is 1.10. The molecule has 0 fully saturated rings. The van der Waals surface area contributed by atoms with E-state index in [2.05, 4.69) is 27.6 Å². The van der Waals surface area contributed by atoms with E-state index in [-0.39, 0.29) is 6.61 Å². The molecule has 54 valence electrons. The second-order valence-corrected chi connectivity index (χ2v) is 3.23. The summed E-state index contributed by atoms with van der Waals surface area (Å²) in [6, 6.07) is 1.93. The van der Waals surface area contributed by atoms with Crippen molar-refractivity contribution in [2.45, 2.75) is 13.5 Å². The lowest BCUT2D eigenvalue weighted by Crippen LogP contribution is -1.90. The molecule has 0 aliphatic carbocycles. The van der Waals surface area contributed by atoms with Gasteiger partial charge >= 0.3 is 0 Å². The van der Waals surface area contributed by atoms with Gasteiger partial charge in [-0.1, -0.05) is 0 Å². The van der Waals surface area contributed by atoms with E-state index in [4.69, 9.17) is 5.11 Å². The van der Waals surface area contributed by atoms with Gasteiger partial charge in [-0.25, -0.2) is 0 Å². The van der Waals surface area contributed by atoms with Crippen LogP contribution in [-0.2, 0) is 6.61 Å². The van der Waals surface area contributed by atoms with Crippen molar-refractivity contribution in [3.8, 4) is 0 Å². The third-order valence-electron chi connectivity index (χ3n) is 1.26. The minimum Gasteiger partial charge on any atom is -0.392 e. The molecule has 0 saturated heterocycles. The Balaban J connectivity index is 3.04. The van der Waals surface area contributed by atoms with Gasteiger partial charge in [0, 0.05) is 9.77 Å². The summed E-state index contributed by atoms with van der Waals surface area (Å²) in [7, 11) is 0. The van der Waals surface area contributed by atoms with Crippen molar-refractivity contribution in [3.63, 3.8) is 0 Å². The molecule has 0 atom stereocenters. The van der Waals surface area contributed by atoms with Crippen molar-refractivity contribution < 1.29 is 5.11 Å². The molecular formula is C7H8INO. The van der Waals surface area contributed by atoms with E-state index in [0.29, 0.717) is 0 Å². The molecule has 2 nitrogen and oxygen atoms in total. The largest absolute Gasteiger partial charge is 0.392 e. The molecule has 0 amide bonds. The van der Waals surface area contributed by atoms with Gasteiger partial charge in [-0.05, 0) is 41.1 Å². The molecule has 10 heavy (non-hydrogen) atoms. The lowest BCUT2D eigenvalue weighted by atomic mass is 10.3. The van der Waals surface area contributed by atoms with Crippen LogP contribution < -0.4 is 0 Å². The van der Waals surface area contributed by atoms with E-state index in [0.717, 1.165) is 14.8 Å². The van der Waals surface area contributed by atoms with Crippen LogP contribution in [0.4, 0.5) is 0 Å². The van der Waals surface area contributed by atoms with E-state index in [1.54, 1.807) is 6.20 Å². The lowest BCUT2D eigenvalue weighted by Gasteiger charge is -1.98. The Morgan fingerprint density at radius 1 is 1.70 bits per heavy atom. The molecule has 1 aromatic rings. The zero-order valence-electron chi connectivity index (χ0n) is 5.63. The Hall–Kier alpha value is -0.160. The average molecular weight is 249 g/mol. The smallest absolute Gasteiger partial charge is 0.0697 e. The minimum absolute atomic E-state index is 0.0727. The number of aliphatic hydroxyl groups excluding tert-OH is 1. The first-order valence-corrected chi connectivity index (χ1v) is 4.04. The SMILES string of the molecule is Cc1ncc(CO)cc1I. The predicted octanol–water partition coefficient (Wildman–Crippen LogP) is 1.49. The molecule has 0 radical (unpaired) electrons. The fraction of sp³-hybridized carbons (Fsp3) is 0.286. The first kappa shape index (κ1) is 7.94. The topological polar surface area (TPSA) is 33.1 Å². The highest BCUT2D eigenvalue weighted by Gasteiger charge is 1.95. The number of rotatable bonds is 1. The molecule has 0 unspecified atom stereocenters. The Labute approximate surface area is 73.4 Å². The zero-order valence-corrected chi connectivity index (χ0v) is 7.79. The van der Waals surface area contributed by atoms with Gasteiger partial charge in [0.1, 0.15) is 0 Å². The maximum Gasteiger partial charge on any atom is 0.0697 e. The summed E-state index contributed by atoms with van der Waals surface area (Å²) >= 11 is 2.20. The van der Waals surface area contributed by atoms with Gasteiger partial charge in [-0.15, -0.1) is 0 Å². The van der Waals surface area contributed by atoms with Crippen LogP contribution in [0.5, 0.6) is 0 Å². The number of pyridine rings is 1. The van der Waals surface area contributed by atoms with Crippen molar-refractivity contribution in [2.24, 2.45) is 0 Å². The van der Waals surface area contributed by atoms with Crippen molar-refractivity contribution in [3.05, 3.63) is 27.1 Å². The first-order valence-electron chi connectivity index (χ1n) is 2.96. The van der Waals surface area contributed by atoms with Gasteiger partial charge in [-0.2, -0.15) is 0 Å². The Bertz CT molecular complexity index is 237. The van der Waals surface area contributed by atoms with Crippen molar-refractivity contribution in [1.29, 1.82) is 0 Å². The molecular weight excluding hydrogens is 241 g/mol. The van der Waals surface area contributed by atoms with Crippen LogP contribution in [0, 0.1) is 10.5 Å². The highest BCUT2D eigenvalue weighted by molar-refractivity contribution is 14.1. The van der Waals surface area contributed by atoms with Gasteiger partial charge < -0.3 is 5.11 Å². The van der Waals surface area contributed by atoms with Gasteiger partial charge in [0.2, 0.25) is 0 Å². The first-order chi connectivity index (χ1) is 4.74. The number of aliphatic hydroxyl groups is 1. The summed E-state index contributed by atoms with van der Waals surface area (Å²) in [5, 5.41) is 8.71. The van der Waals surface area contributed by atoms with E-state index < -0.39 is 0 Å². The molecule has 1 rings (SSSR count). The standard InChI is InChI=1S/C7H8INO/c1-5-7(8)2-6(4-10)3-9-5/h2-3,10H,4H2,1H3. The molecule has 0 saturated carbocycles. The third kappa shape index (κ3) is 1.67. The van der Waals surface area contributed by atoms with Gasteiger partial charge in [0.15, 0.2) is 0 Å². The summed E-state index contributed by atoms with van der Waals surface area (Å²) in [5.74, 6) is 0. The Morgan fingerprint density at radius 2 is 2.40 bits per heavy atom. The monoisotopic (exact) mass is 249 g/mol. The van der Waals surface area contributed by atoms with Crippen LogP contribution >= 0.6 is 22.6 Å². The predicted molar refractivity (Wildman–Crippen MR) is 47.6 cm³/mol. The maximum absolute atomic E-state index is 8.71. The Kier molecular flexibility index (Phi) is 2.62. The van der Waals surface area contributed by atoms with Gasteiger partial charge in [-0.3, -0.25) is 4.98 Å². The normalized spacial score (nSPS) is 9.90. The molecule has 0 aliphatic rings. The zero-order chi connectivity index (χ0) is 7.56. The number of aromatic nitrogens is 1. The maximum atomic E-state index is 8.71. The van der Waals surface area contributed by atoms with Crippen LogP contribution in [-0.4, -0.2) is 10.1 Å². The number of halogens is 1. The van der Waals surface area contributed by atoms with E-state index in [1.807, 2.05) is 13.0 Å². The molecule has 0 aliphatic heterocycles. The third-order valence-corrected chi connectivity index (χ3v) is 2.36. The molecule has 1 aromatic heterocycles. The quantitative estimate of drug-likeness (QED) is 0.765. The van der Waals surface area contributed by atoms with Crippen LogP contribution in [0.2, 0.25) is 0 Å². The second-order valence-electron chi connectivity index (χ2n) is 2.07. The summed E-state index contributed by atoms with van der Waals surface area (Å²) in [4.78, 5) is 4.08. The second kappa shape index (κ2) is 3.30. The van der Waals surface area contributed by atoms with E-state index in [9.17, 15) is 0 Å². The van der Waals surface area contributed by atoms with Crippen molar-refractivity contribution in [2.75, 3.05) is 0 Å². The molecule has 3 heteroatoms. The van der Waals surface area contributed by atoms with Crippen LogP contribution in [0.25, 0.3) is 0 Å². The summed E-state index contributed by atoms with van der Waals surface area (Å²) in [6.45, 7) is 2.02. The van der Waals surface area contributed by atoms with Gasteiger partial charge in [0.25, 0.3) is 0 Å². The molecule has 0 bridgehead atoms. The molecule has 0 aromatic carbocycles. The molecule has 0 spiro atoms. The molecule has 1 N–H and O–H groups in total. The number of hydrogen-bond donors (Lipinski definition) is 1. The van der Waals surface area contributed by atoms with Crippen molar-refractivity contribution >= 4 is 22.6 Å². The van der Waals surface area contributed by atoms with Crippen LogP contribution in [0.1, 0.15) is 11.3 Å². The van der Waals surface area contributed by atoms with Crippen LogP contribution in [0.15, 0.2) is 12.3 Å². The summed E-state index contributed by atoms with van der Waals surface area (Å²) in [5.41, 5.74) is 1.88. The van der Waals surface area contributed by atoms with E-state index >= 15 is 0 Å². The van der Waals surface area contributed by atoms with E-state index in [1.165, 1.54) is 0 Å². The van der Waals surface area contributed by atoms with Gasteiger partial charge in [0.05, 0.1) is 12.3 Å². The minimum atomic E-state index is 0.0727. The number of aryl methyl sites for hydroxylation is 1. The fourth-order valence-electron chi connectivity index (χ4n) is 0.632. The van der Waals surface area contributed by atoms with Crippen LogP contribution in [0.3, 0.4) is 0 Å².